The molecule has 0 aliphatic carbocycles. The Hall–Kier alpha value is -2.33. The van der Waals surface area contributed by atoms with Crippen LogP contribution < -0.4 is 15.0 Å². The Morgan fingerprint density at radius 2 is 1.86 bits per heavy atom. The molecule has 3 rings (SSSR count). The first-order chi connectivity index (χ1) is 10.3. The second-order valence-corrected chi connectivity index (χ2v) is 5.01. The van der Waals surface area contributed by atoms with Crippen molar-refractivity contribution in [3.63, 3.8) is 0 Å². The SMILES string of the molecule is CNC(CN1C(=O)COc2ccccc21)c1ccccc1. The Kier molecular flexibility index (Phi) is 3.88. The molecule has 1 aliphatic heterocycles. The quantitative estimate of drug-likeness (QED) is 0.936. The average Bonchev–Trinajstić information content (AvgIpc) is 2.55. The lowest BCUT2D eigenvalue weighted by Crippen LogP contribution is -2.43. The van der Waals surface area contributed by atoms with Crippen molar-refractivity contribution in [2.24, 2.45) is 0 Å². The van der Waals surface area contributed by atoms with Crippen LogP contribution in [0.1, 0.15) is 11.6 Å². The normalized spacial score (nSPS) is 15.3. The number of hydrogen-bond acceptors (Lipinski definition) is 3. The van der Waals surface area contributed by atoms with Crippen LogP contribution in [0.25, 0.3) is 0 Å². The summed E-state index contributed by atoms with van der Waals surface area (Å²) in [5.41, 5.74) is 2.00. The maximum absolute atomic E-state index is 12.2. The second-order valence-electron chi connectivity index (χ2n) is 5.01. The number of carbonyl (C=O) groups is 1. The number of anilines is 1. The molecule has 4 nitrogen and oxygen atoms in total. The smallest absolute Gasteiger partial charge is 0.265 e. The van der Waals surface area contributed by atoms with Gasteiger partial charge in [0, 0.05) is 6.54 Å². The highest BCUT2D eigenvalue weighted by atomic mass is 16.5. The number of carbonyl (C=O) groups excluding carboxylic acids is 1. The standard InChI is InChI=1S/C17H18N2O2/c1-18-14(13-7-3-2-4-8-13)11-19-15-9-5-6-10-16(15)21-12-17(19)20/h2-10,14,18H,11-12H2,1H3. The Labute approximate surface area is 124 Å². The minimum Gasteiger partial charge on any atom is -0.482 e. The maximum Gasteiger partial charge on any atom is 0.265 e. The number of hydrogen-bond donors (Lipinski definition) is 1. The van der Waals surface area contributed by atoms with Gasteiger partial charge in [0.15, 0.2) is 6.61 Å². The van der Waals surface area contributed by atoms with Gasteiger partial charge in [-0.05, 0) is 24.7 Å². The van der Waals surface area contributed by atoms with Crippen molar-refractivity contribution in [3.8, 4) is 5.75 Å². The largest absolute Gasteiger partial charge is 0.482 e. The van der Waals surface area contributed by atoms with Gasteiger partial charge in [-0.25, -0.2) is 0 Å². The van der Waals surface area contributed by atoms with Crippen molar-refractivity contribution in [1.82, 2.24) is 5.32 Å². The number of nitrogens with one attached hydrogen (secondary N) is 1. The van der Waals surface area contributed by atoms with E-state index < -0.39 is 0 Å². The number of para-hydroxylation sites is 2. The molecule has 2 aromatic rings. The molecular weight excluding hydrogens is 264 g/mol. The van der Waals surface area contributed by atoms with Gasteiger partial charge in [-0.3, -0.25) is 4.79 Å². The molecule has 0 fully saturated rings. The van der Waals surface area contributed by atoms with Crippen LogP contribution in [-0.2, 0) is 4.79 Å². The summed E-state index contributed by atoms with van der Waals surface area (Å²) in [7, 11) is 1.91. The lowest BCUT2D eigenvalue weighted by atomic mass is 10.1. The zero-order valence-electron chi connectivity index (χ0n) is 12.0. The van der Waals surface area contributed by atoms with Crippen LogP contribution >= 0.6 is 0 Å². The predicted octanol–water partition coefficient (Wildman–Crippen LogP) is 2.37. The van der Waals surface area contributed by atoms with E-state index in [1.165, 1.54) is 0 Å². The fraction of sp³-hybridized carbons (Fsp3) is 0.235. The first kappa shape index (κ1) is 13.6. The molecule has 0 aromatic heterocycles. The van der Waals surface area contributed by atoms with Crippen LogP contribution in [0.15, 0.2) is 54.6 Å². The zero-order valence-corrected chi connectivity index (χ0v) is 12.0. The molecule has 1 heterocycles. The van der Waals surface area contributed by atoms with Crippen molar-refractivity contribution in [2.45, 2.75) is 6.04 Å². The third-order valence-electron chi connectivity index (χ3n) is 3.72. The van der Waals surface area contributed by atoms with Crippen molar-refractivity contribution >= 4 is 11.6 Å². The van der Waals surface area contributed by atoms with E-state index in [1.807, 2.05) is 49.5 Å². The zero-order chi connectivity index (χ0) is 14.7. The molecule has 108 valence electrons. The van der Waals surface area contributed by atoms with E-state index in [1.54, 1.807) is 4.90 Å². The van der Waals surface area contributed by atoms with Gasteiger partial charge in [0.25, 0.3) is 5.91 Å². The Morgan fingerprint density at radius 1 is 1.14 bits per heavy atom. The van der Waals surface area contributed by atoms with Gasteiger partial charge >= 0.3 is 0 Å². The summed E-state index contributed by atoms with van der Waals surface area (Å²) >= 11 is 0. The fourth-order valence-electron chi connectivity index (χ4n) is 2.59. The number of benzene rings is 2. The summed E-state index contributed by atoms with van der Waals surface area (Å²) in [5, 5.41) is 3.28. The highest BCUT2D eigenvalue weighted by molar-refractivity contribution is 5.97. The monoisotopic (exact) mass is 282 g/mol. The Bertz CT molecular complexity index is 628. The Balaban J connectivity index is 1.88. The van der Waals surface area contributed by atoms with E-state index in [0.717, 1.165) is 17.0 Å². The van der Waals surface area contributed by atoms with E-state index in [2.05, 4.69) is 17.4 Å². The van der Waals surface area contributed by atoms with Gasteiger partial charge in [-0.15, -0.1) is 0 Å². The summed E-state index contributed by atoms with van der Waals surface area (Å²) in [6, 6.07) is 17.9. The summed E-state index contributed by atoms with van der Waals surface area (Å²) in [6.07, 6.45) is 0. The molecule has 1 atom stereocenters. The topological polar surface area (TPSA) is 41.6 Å². The van der Waals surface area contributed by atoms with Gasteiger partial charge in [0.05, 0.1) is 11.7 Å². The number of nitrogens with zero attached hydrogens (tertiary/aromatic N) is 1. The van der Waals surface area contributed by atoms with Crippen LogP contribution in [0.3, 0.4) is 0 Å². The Morgan fingerprint density at radius 3 is 2.62 bits per heavy atom. The van der Waals surface area contributed by atoms with E-state index in [4.69, 9.17) is 4.74 Å². The van der Waals surface area contributed by atoms with E-state index in [9.17, 15) is 4.79 Å². The number of fused-ring (bicyclic) bond motifs is 1. The van der Waals surface area contributed by atoms with Crippen LogP contribution in [-0.4, -0.2) is 26.1 Å². The molecule has 0 radical (unpaired) electrons. The molecule has 0 bridgehead atoms. The molecule has 0 saturated heterocycles. The third-order valence-corrected chi connectivity index (χ3v) is 3.72. The number of rotatable bonds is 4. The minimum atomic E-state index is -0.00937. The van der Waals surface area contributed by atoms with Crippen molar-refractivity contribution in [2.75, 3.05) is 25.1 Å². The molecule has 0 saturated carbocycles. The molecule has 1 N–H and O–H groups in total. The molecular formula is C17H18N2O2. The summed E-state index contributed by atoms with van der Waals surface area (Å²) in [6.45, 7) is 0.682. The lowest BCUT2D eigenvalue weighted by molar-refractivity contribution is -0.121. The lowest BCUT2D eigenvalue weighted by Gasteiger charge is -2.32. The summed E-state index contributed by atoms with van der Waals surface area (Å²) in [5.74, 6) is 0.755. The highest BCUT2D eigenvalue weighted by Crippen LogP contribution is 2.32. The highest BCUT2D eigenvalue weighted by Gasteiger charge is 2.27. The van der Waals surface area contributed by atoms with Crippen LogP contribution in [0.4, 0.5) is 5.69 Å². The number of likely N-dealkylation sites (N-methyl/N-ethyl adjacent to an activating group) is 1. The first-order valence-electron chi connectivity index (χ1n) is 7.04. The third kappa shape index (κ3) is 2.76. The van der Waals surface area contributed by atoms with Gasteiger partial charge in [0.2, 0.25) is 0 Å². The van der Waals surface area contributed by atoms with Crippen LogP contribution in [0.2, 0.25) is 0 Å². The van der Waals surface area contributed by atoms with Gasteiger partial charge in [-0.2, -0.15) is 0 Å². The molecule has 2 aromatic carbocycles. The molecule has 1 amide bonds. The maximum atomic E-state index is 12.2. The summed E-state index contributed by atoms with van der Waals surface area (Å²) in [4.78, 5) is 14.0. The van der Waals surface area contributed by atoms with Crippen LogP contribution in [0, 0.1) is 0 Å². The van der Waals surface area contributed by atoms with Gasteiger partial charge in [-0.1, -0.05) is 42.5 Å². The number of ether oxygens (including phenoxy) is 1. The minimum absolute atomic E-state index is 0.00937. The van der Waals surface area contributed by atoms with Crippen molar-refractivity contribution in [1.29, 1.82) is 0 Å². The molecule has 0 spiro atoms. The average molecular weight is 282 g/mol. The summed E-state index contributed by atoms with van der Waals surface area (Å²) < 4.78 is 5.48. The van der Waals surface area contributed by atoms with Gasteiger partial charge in [0.1, 0.15) is 5.75 Å². The molecule has 1 unspecified atom stereocenters. The van der Waals surface area contributed by atoms with E-state index in [-0.39, 0.29) is 18.6 Å². The predicted molar refractivity (Wildman–Crippen MR) is 82.5 cm³/mol. The number of amides is 1. The fourth-order valence-corrected chi connectivity index (χ4v) is 2.59. The second kappa shape index (κ2) is 5.97. The van der Waals surface area contributed by atoms with Gasteiger partial charge < -0.3 is 15.0 Å². The molecule has 21 heavy (non-hydrogen) atoms. The van der Waals surface area contributed by atoms with Crippen LogP contribution in [0.5, 0.6) is 5.75 Å². The van der Waals surface area contributed by atoms with Crippen molar-refractivity contribution < 1.29 is 9.53 Å². The molecule has 4 heteroatoms. The first-order valence-corrected chi connectivity index (χ1v) is 7.04. The van der Waals surface area contributed by atoms with Crippen molar-refractivity contribution in [3.05, 3.63) is 60.2 Å². The molecule has 1 aliphatic rings. The van der Waals surface area contributed by atoms with E-state index >= 15 is 0 Å². The van der Waals surface area contributed by atoms with E-state index in [0.29, 0.717) is 6.54 Å².